The number of amides is 1. The molecule has 0 aromatic carbocycles. The number of nitrogens with two attached hydrogens (primary N) is 1. The van der Waals surface area contributed by atoms with Crippen molar-refractivity contribution in [3.05, 3.63) is 10.6 Å². The molecule has 1 atom stereocenters. The first kappa shape index (κ1) is 13.1. The largest absolute Gasteiger partial charge is 0.444 e. The Labute approximate surface area is 111 Å². The zero-order chi connectivity index (χ0) is 13.5. The molecule has 6 heteroatoms. The summed E-state index contributed by atoms with van der Waals surface area (Å²) in [6.07, 6.45) is 0.468. The summed E-state index contributed by atoms with van der Waals surface area (Å²) in [6.45, 7) is 8.16. The second kappa shape index (κ2) is 4.42. The summed E-state index contributed by atoms with van der Waals surface area (Å²) in [5.74, 6) is 0. The first-order valence-corrected chi connectivity index (χ1v) is 6.81. The van der Waals surface area contributed by atoms with E-state index in [1.165, 1.54) is 11.3 Å². The van der Waals surface area contributed by atoms with E-state index in [2.05, 4.69) is 4.98 Å². The maximum absolute atomic E-state index is 12.1. The van der Waals surface area contributed by atoms with Crippen molar-refractivity contribution in [1.29, 1.82) is 0 Å². The predicted molar refractivity (Wildman–Crippen MR) is 71.5 cm³/mol. The predicted octanol–water partition coefficient (Wildman–Crippen LogP) is 2.41. The van der Waals surface area contributed by atoms with Crippen molar-refractivity contribution in [2.45, 2.75) is 52.3 Å². The van der Waals surface area contributed by atoms with Gasteiger partial charge in [-0.15, -0.1) is 11.3 Å². The third-order valence-electron chi connectivity index (χ3n) is 2.76. The second-order valence-corrected chi connectivity index (χ2v) is 6.70. The van der Waals surface area contributed by atoms with Crippen LogP contribution in [-0.2, 0) is 17.7 Å². The third-order valence-corrected chi connectivity index (χ3v) is 3.67. The van der Waals surface area contributed by atoms with E-state index >= 15 is 0 Å². The van der Waals surface area contributed by atoms with Crippen molar-refractivity contribution >= 4 is 22.6 Å². The quantitative estimate of drug-likeness (QED) is 0.785. The molecule has 1 aromatic rings. The number of anilines is 1. The molecule has 0 saturated heterocycles. The van der Waals surface area contributed by atoms with E-state index < -0.39 is 5.60 Å². The molecule has 0 aliphatic carbocycles. The highest BCUT2D eigenvalue weighted by molar-refractivity contribution is 7.15. The number of aromatic nitrogens is 1. The van der Waals surface area contributed by atoms with Gasteiger partial charge in [-0.2, -0.15) is 0 Å². The molecule has 1 aromatic heterocycles. The standard InChI is InChI=1S/C12H19N3O2S/c1-7-5-8-9(18-10(13)14-8)6-15(7)11(16)17-12(2,3)4/h7H,5-6H2,1-4H3,(H2,13,14)/t7-/m1/s1. The average molecular weight is 269 g/mol. The molecule has 2 rings (SSSR count). The Morgan fingerprint density at radius 3 is 2.83 bits per heavy atom. The summed E-state index contributed by atoms with van der Waals surface area (Å²) < 4.78 is 5.41. The summed E-state index contributed by atoms with van der Waals surface area (Å²) in [7, 11) is 0. The Balaban J connectivity index is 2.14. The molecule has 1 amide bonds. The van der Waals surface area contributed by atoms with Gasteiger partial charge in [-0.25, -0.2) is 9.78 Å². The molecule has 1 aliphatic heterocycles. The minimum Gasteiger partial charge on any atom is -0.444 e. The molecule has 0 fully saturated rings. The number of carbonyl (C=O) groups excluding carboxylic acids is 1. The van der Waals surface area contributed by atoms with Crippen molar-refractivity contribution < 1.29 is 9.53 Å². The Morgan fingerprint density at radius 1 is 1.56 bits per heavy atom. The lowest BCUT2D eigenvalue weighted by Crippen LogP contribution is -2.44. The van der Waals surface area contributed by atoms with Gasteiger partial charge >= 0.3 is 6.09 Å². The van der Waals surface area contributed by atoms with Gasteiger partial charge < -0.3 is 10.5 Å². The summed E-state index contributed by atoms with van der Waals surface area (Å²) in [5, 5.41) is 0.568. The van der Waals surface area contributed by atoms with Crippen molar-refractivity contribution in [3.63, 3.8) is 0 Å². The van der Waals surface area contributed by atoms with Crippen LogP contribution in [0.15, 0.2) is 0 Å². The van der Waals surface area contributed by atoms with Gasteiger partial charge in [0, 0.05) is 17.3 Å². The van der Waals surface area contributed by atoms with E-state index in [9.17, 15) is 4.79 Å². The van der Waals surface area contributed by atoms with Crippen LogP contribution in [0.1, 0.15) is 38.3 Å². The monoisotopic (exact) mass is 269 g/mol. The number of carbonyl (C=O) groups is 1. The fraction of sp³-hybridized carbons (Fsp3) is 0.667. The van der Waals surface area contributed by atoms with Crippen LogP contribution in [0.5, 0.6) is 0 Å². The smallest absolute Gasteiger partial charge is 0.410 e. The average Bonchev–Trinajstić information content (AvgIpc) is 2.53. The zero-order valence-corrected chi connectivity index (χ0v) is 12.0. The molecule has 18 heavy (non-hydrogen) atoms. The van der Waals surface area contributed by atoms with Crippen LogP contribution in [-0.4, -0.2) is 27.6 Å². The van der Waals surface area contributed by atoms with Crippen LogP contribution < -0.4 is 5.73 Å². The van der Waals surface area contributed by atoms with Gasteiger partial charge in [0.2, 0.25) is 0 Å². The van der Waals surface area contributed by atoms with Gasteiger partial charge in [-0.3, -0.25) is 4.90 Å². The lowest BCUT2D eigenvalue weighted by atomic mass is 10.1. The van der Waals surface area contributed by atoms with Crippen molar-refractivity contribution in [2.75, 3.05) is 5.73 Å². The van der Waals surface area contributed by atoms with E-state index in [0.717, 1.165) is 17.0 Å². The van der Waals surface area contributed by atoms with Gasteiger partial charge in [0.1, 0.15) is 5.60 Å². The number of hydrogen-bond acceptors (Lipinski definition) is 5. The minimum atomic E-state index is -0.468. The molecular weight excluding hydrogens is 250 g/mol. The van der Waals surface area contributed by atoms with Gasteiger partial charge in [-0.05, 0) is 27.7 Å². The van der Waals surface area contributed by atoms with Gasteiger partial charge in [0.25, 0.3) is 0 Å². The van der Waals surface area contributed by atoms with Crippen LogP contribution in [0.4, 0.5) is 9.93 Å². The van der Waals surface area contributed by atoms with Gasteiger partial charge in [0.05, 0.1) is 12.2 Å². The Kier molecular flexibility index (Phi) is 3.23. The topological polar surface area (TPSA) is 68.5 Å². The maximum atomic E-state index is 12.1. The first-order valence-electron chi connectivity index (χ1n) is 6.00. The molecular formula is C12H19N3O2S. The molecule has 0 spiro atoms. The van der Waals surface area contributed by atoms with Gasteiger partial charge in [0.15, 0.2) is 5.13 Å². The highest BCUT2D eigenvalue weighted by atomic mass is 32.1. The molecule has 5 nitrogen and oxygen atoms in total. The number of ether oxygens (including phenoxy) is 1. The number of nitrogen functional groups attached to an aromatic ring is 1. The Bertz CT molecular complexity index is 464. The number of rotatable bonds is 0. The van der Waals surface area contributed by atoms with Crippen LogP contribution in [0.25, 0.3) is 0 Å². The number of hydrogen-bond donors (Lipinski definition) is 1. The van der Waals surface area contributed by atoms with E-state index in [0.29, 0.717) is 11.7 Å². The van der Waals surface area contributed by atoms with Crippen molar-refractivity contribution in [1.82, 2.24) is 9.88 Å². The number of nitrogens with zero attached hydrogens (tertiary/aromatic N) is 2. The molecule has 2 N–H and O–H groups in total. The van der Waals surface area contributed by atoms with E-state index in [4.69, 9.17) is 10.5 Å². The zero-order valence-electron chi connectivity index (χ0n) is 11.2. The molecule has 0 bridgehead atoms. The SMILES string of the molecule is C[C@@H]1Cc2nc(N)sc2CN1C(=O)OC(C)(C)C. The summed E-state index contributed by atoms with van der Waals surface area (Å²) in [4.78, 5) is 19.2. The Hall–Kier alpha value is -1.30. The van der Waals surface area contributed by atoms with E-state index in [-0.39, 0.29) is 12.1 Å². The van der Waals surface area contributed by atoms with E-state index in [1.54, 1.807) is 4.90 Å². The maximum Gasteiger partial charge on any atom is 0.410 e. The summed E-state index contributed by atoms with van der Waals surface area (Å²) in [6, 6.07) is 0.0915. The first-order chi connectivity index (χ1) is 8.26. The fourth-order valence-electron chi connectivity index (χ4n) is 1.95. The highest BCUT2D eigenvalue weighted by Crippen LogP contribution is 2.30. The lowest BCUT2D eigenvalue weighted by Gasteiger charge is -2.34. The van der Waals surface area contributed by atoms with E-state index in [1.807, 2.05) is 27.7 Å². The van der Waals surface area contributed by atoms with Crippen LogP contribution >= 0.6 is 11.3 Å². The second-order valence-electron chi connectivity index (χ2n) is 5.58. The normalized spacial score (nSPS) is 19.6. The van der Waals surface area contributed by atoms with Crippen LogP contribution in [0.2, 0.25) is 0 Å². The molecule has 100 valence electrons. The molecule has 0 radical (unpaired) electrons. The minimum absolute atomic E-state index is 0.0915. The van der Waals surface area contributed by atoms with Crippen molar-refractivity contribution in [2.24, 2.45) is 0 Å². The third kappa shape index (κ3) is 2.75. The highest BCUT2D eigenvalue weighted by Gasteiger charge is 2.32. The summed E-state index contributed by atoms with van der Waals surface area (Å²) >= 11 is 1.45. The number of thiazole rings is 1. The molecule has 1 aliphatic rings. The molecule has 0 unspecified atom stereocenters. The Morgan fingerprint density at radius 2 is 2.22 bits per heavy atom. The summed E-state index contributed by atoms with van der Waals surface area (Å²) in [5.41, 5.74) is 6.25. The molecule has 2 heterocycles. The lowest BCUT2D eigenvalue weighted by molar-refractivity contribution is 0.0140. The van der Waals surface area contributed by atoms with Crippen molar-refractivity contribution in [3.8, 4) is 0 Å². The fourth-order valence-corrected chi connectivity index (χ4v) is 2.81. The molecule has 0 saturated carbocycles. The van der Waals surface area contributed by atoms with Crippen LogP contribution in [0, 0.1) is 0 Å². The van der Waals surface area contributed by atoms with Gasteiger partial charge in [-0.1, -0.05) is 0 Å². The number of fused-ring (bicyclic) bond motifs is 1. The van der Waals surface area contributed by atoms with Crippen LogP contribution in [0.3, 0.4) is 0 Å².